The second-order valence-corrected chi connectivity index (χ2v) is 6.14. The molecule has 5 heteroatoms. The summed E-state index contributed by atoms with van der Waals surface area (Å²) in [5, 5.41) is 6.74. The van der Waals surface area contributed by atoms with Gasteiger partial charge in [0.2, 0.25) is 0 Å². The van der Waals surface area contributed by atoms with Crippen LogP contribution in [-0.2, 0) is 4.74 Å². The van der Waals surface area contributed by atoms with Crippen molar-refractivity contribution in [1.82, 2.24) is 10.6 Å². The number of nitrogens with zero attached hydrogens (tertiary/aromatic N) is 1. The van der Waals surface area contributed by atoms with Crippen molar-refractivity contribution in [2.45, 2.75) is 83.8 Å². The lowest BCUT2D eigenvalue weighted by molar-refractivity contribution is 0.0411. The summed E-state index contributed by atoms with van der Waals surface area (Å²) >= 11 is 0. The first kappa shape index (κ1) is 22.0. The lowest BCUT2D eigenvalue weighted by atomic mass is 10.1. The van der Waals surface area contributed by atoms with E-state index in [1.807, 2.05) is 7.05 Å². The topological polar surface area (TPSA) is 45.7 Å². The van der Waals surface area contributed by atoms with Crippen LogP contribution in [0.4, 0.5) is 0 Å². The van der Waals surface area contributed by atoms with Crippen molar-refractivity contribution in [3.63, 3.8) is 0 Å². The molecular formula is C17H36IN3O. The number of rotatable bonds is 8. The highest BCUT2D eigenvalue weighted by molar-refractivity contribution is 14.0. The maximum atomic E-state index is 6.00. The average molecular weight is 425 g/mol. The molecule has 22 heavy (non-hydrogen) atoms. The van der Waals surface area contributed by atoms with Crippen LogP contribution in [0.15, 0.2) is 4.99 Å². The Labute approximate surface area is 154 Å². The first-order valence-corrected chi connectivity index (χ1v) is 8.85. The van der Waals surface area contributed by atoms with Gasteiger partial charge in [-0.3, -0.25) is 4.99 Å². The van der Waals surface area contributed by atoms with E-state index < -0.39 is 0 Å². The van der Waals surface area contributed by atoms with E-state index in [9.17, 15) is 0 Å². The highest BCUT2D eigenvalue weighted by atomic mass is 127. The average Bonchev–Trinajstić information content (AvgIpc) is 2.77. The predicted molar refractivity (Wildman–Crippen MR) is 106 cm³/mol. The fourth-order valence-electron chi connectivity index (χ4n) is 2.62. The number of aliphatic imine (C=N–C) groups is 1. The van der Waals surface area contributed by atoms with Crippen LogP contribution in [-0.4, -0.2) is 38.3 Å². The van der Waals surface area contributed by atoms with E-state index >= 15 is 0 Å². The third kappa shape index (κ3) is 10.6. The summed E-state index contributed by atoms with van der Waals surface area (Å²) in [6.45, 7) is 6.22. The summed E-state index contributed by atoms with van der Waals surface area (Å²) in [5.74, 6) is 0.911. The first-order valence-electron chi connectivity index (χ1n) is 8.85. The molecule has 0 saturated heterocycles. The van der Waals surface area contributed by atoms with E-state index in [4.69, 9.17) is 4.74 Å². The second kappa shape index (κ2) is 14.5. The fraction of sp³-hybridized carbons (Fsp3) is 0.941. The van der Waals surface area contributed by atoms with Crippen molar-refractivity contribution >= 4 is 29.9 Å². The molecular weight excluding hydrogens is 389 g/mol. The molecule has 1 aliphatic carbocycles. The molecule has 0 aromatic heterocycles. The van der Waals surface area contributed by atoms with Gasteiger partial charge in [-0.1, -0.05) is 32.6 Å². The molecule has 0 spiro atoms. The molecule has 0 amide bonds. The minimum atomic E-state index is 0. The van der Waals surface area contributed by atoms with Crippen LogP contribution >= 0.6 is 24.0 Å². The molecule has 0 heterocycles. The minimum Gasteiger partial charge on any atom is -0.378 e. The van der Waals surface area contributed by atoms with E-state index in [1.54, 1.807) is 0 Å². The van der Waals surface area contributed by atoms with Gasteiger partial charge in [0, 0.05) is 26.2 Å². The van der Waals surface area contributed by atoms with Crippen molar-refractivity contribution < 1.29 is 4.74 Å². The monoisotopic (exact) mass is 425 g/mol. The summed E-state index contributed by atoms with van der Waals surface area (Å²) in [4.78, 5) is 4.24. The number of unbranched alkanes of at least 4 members (excludes halogenated alkanes) is 1. The Morgan fingerprint density at radius 1 is 1.18 bits per heavy atom. The molecule has 1 rings (SSSR count). The Balaban J connectivity index is 0.00000441. The Morgan fingerprint density at radius 3 is 2.45 bits per heavy atom. The van der Waals surface area contributed by atoms with Crippen molar-refractivity contribution in [2.75, 3.05) is 20.2 Å². The van der Waals surface area contributed by atoms with Crippen LogP contribution in [0, 0.1) is 0 Å². The molecule has 1 fully saturated rings. The molecule has 132 valence electrons. The Hall–Kier alpha value is -0.0400. The van der Waals surface area contributed by atoms with Gasteiger partial charge in [0.15, 0.2) is 5.96 Å². The first-order chi connectivity index (χ1) is 10.3. The largest absolute Gasteiger partial charge is 0.378 e. The van der Waals surface area contributed by atoms with Gasteiger partial charge in [0.25, 0.3) is 0 Å². The highest BCUT2D eigenvalue weighted by Crippen LogP contribution is 2.19. The van der Waals surface area contributed by atoms with Gasteiger partial charge >= 0.3 is 0 Å². The van der Waals surface area contributed by atoms with Crippen LogP contribution in [0.2, 0.25) is 0 Å². The van der Waals surface area contributed by atoms with Crippen LogP contribution in [0.25, 0.3) is 0 Å². The van der Waals surface area contributed by atoms with E-state index in [0.29, 0.717) is 12.1 Å². The summed E-state index contributed by atoms with van der Waals surface area (Å²) in [7, 11) is 1.83. The smallest absolute Gasteiger partial charge is 0.191 e. The van der Waals surface area contributed by atoms with E-state index in [0.717, 1.165) is 38.4 Å². The minimum absolute atomic E-state index is 0. The summed E-state index contributed by atoms with van der Waals surface area (Å²) in [5.41, 5.74) is 0. The zero-order valence-electron chi connectivity index (χ0n) is 14.7. The number of guanidine groups is 1. The Kier molecular flexibility index (Phi) is 14.5. The lowest BCUT2D eigenvalue weighted by Gasteiger charge is -2.17. The molecule has 2 N–H and O–H groups in total. The summed E-state index contributed by atoms with van der Waals surface area (Å²) in [6, 6.07) is 0.467. The standard InChI is InChI=1S/C17H35N3O.HI/c1-4-15(2)20-17(18-3)19-13-9-10-14-21-16-11-7-5-6-8-12-16;/h15-16H,4-14H2,1-3H3,(H2,18,19,20);1H. The molecule has 1 aliphatic rings. The molecule has 0 bridgehead atoms. The zero-order valence-corrected chi connectivity index (χ0v) is 17.0. The molecule has 1 atom stereocenters. The molecule has 0 aromatic rings. The van der Waals surface area contributed by atoms with Gasteiger partial charge in [-0.05, 0) is 39.0 Å². The van der Waals surface area contributed by atoms with Gasteiger partial charge in [-0.25, -0.2) is 0 Å². The summed E-state index contributed by atoms with van der Waals surface area (Å²) in [6.07, 6.45) is 11.9. The SMILES string of the molecule is CCC(C)NC(=NC)NCCCCOC1CCCCCC1.I. The van der Waals surface area contributed by atoms with Gasteiger partial charge < -0.3 is 15.4 Å². The third-order valence-electron chi connectivity index (χ3n) is 4.24. The second-order valence-electron chi connectivity index (χ2n) is 6.14. The van der Waals surface area contributed by atoms with Crippen molar-refractivity contribution in [3.8, 4) is 0 Å². The van der Waals surface area contributed by atoms with E-state index in [-0.39, 0.29) is 24.0 Å². The van der Waals surface area contributed by atoms with Gasteiger partial charge in [0.05, 0.1) is 6.10 Å². The van der Waals surface area contributed by atoms with Crippen molar-refractivity contribution in [1.29, 1.82) is 0 Å². The van der Waals surface area contributed by atoms with Gasteiger partial charge in [0.1, 0.15) is 0 Å². The number of nitrogens with one attached hydrogen (secondary N) is 2. The Morgan fingerprint density at radius 2 is 1.86 bits per heavy atom. The van der Waals surface area contributed by atoms with Gasteiger partial charge in [-0.15, -0.1) is 24.0 Å². The summed E-state index contributed by atoms with van der Waals surface area (Å²) < 4.78 is 6.00. The van der Waals surface area contributed by atoms with Crippen molar-refractivity contribution in [2.24, 2.45) is 4.99 Å². The third-order valence-corrected chi connectivity index (χ3v) is 4.24. The zero-order chi connectivity index (χ0) is 15.3. The molecule has 0 radical (unpaired) electrons. The number of halogens is 1. The number of hydrogen-bond acceptors (Lipinski definition) is 2. The molecule has 1 saturated carbocycles. The van der Waals surface area contributed by atoms with Gasteiger partial charge in [-0.2, -0.15) is 0 Å². The van der Waals surface area contributed by atoms with Crippen LogP contribution < -0.4 is 10.6 Å². The maximum Gasteiger partial charge on any atom is 0.191 e. The van der Waals surface area contributed by atoms with E-state index in [2.05, 4.69) is 29.5 Å². The molecule has 4 nitrogen and oxygen atoms in total. The van der Waals surface area contributed by atoms with Crippen LogP contribution in [0.3, 0.4) is 0 Å². The van der Waals surface area contributed by atoms with E-state index in [1.165, 1.54) is 38.5 Å². The fourth-order valence-corrected chi connectivity index (χ4v) is 2.62. The molecule has 0 aliphatic heterocycles. The molecule has 1 unspecified atom stereocenters. The van der Waals surface area contributed by atoms with Crippen molar-refractivity contribution in [3.05, 3.63) is 0 Å². The molecule has 0 aromatic carbocycles. The number of hydrogen-bond donors (Lipinski definition) is 2. The highest BCUT2D eigenvalue weighted by Gasteiger charge is 2.11. The predicted octanol–water partition coefficient (Wildman–Crippen LogP) is 4.09. The van der Waals surface area contributed by atoms with Crippen LogP contribution in [0.5, 0.6) is 0 Å². The van der Waals surface area contributed by atoms with Crippen LogP contribution in [0.1, 0.15) is 71.6 Å². The Bertz CT molecular complexity index is 279. The lowest BCUT2D eigenvalue weighted by Crippen LogP contribution is -2.42. The number of ether oxygens (including phenoxy) is 1. The quantitative estimate of drug-likeness (QED) is 0.203. The normalized spacial score (nSPS) is 18.2. The maximum absolute atomic E-state index is 6.00.